The monoisotopic (exact) mass is 275 g/mol. The second kappa shape index (κ2) is 5.89. The molecular formula is C11H11Cl2NO3. The van der Waals surface area contributed by atoms with Crippen molar-refractivity contribution in [3.8, 4) is 0 Å². The van der Waals surface area contributed by atoms with Crippen molar-refractivity contribution in [2.24, 2.45) is 0 Å². The van der Waals surface area contributed by atoms with E-state index in [1.807, 2.05) is 0 Å². The molecule has 0 aliphatic heterocycles. The Morgan fingerprint density at radius 1 is 1.35 bits per heavy atom. The standard InChI is InChI=1S/C11H11Cl2NO3/c1-6(15)14-10(11(16)17-2)8-4-3-7(12)5-9(8)13/h3-5,10H,1-2H3,(H,14,15)/t10-/m1/s1. The van der Waals surface area contributed by atoms with Crippen molar-refractivity contribution in [2.45, 2.75) is 13.0 Å². The fraction of sp³-hybridized carbons (Fsp3) is 0.273. The Hall–Kier alpha value is -1.26. The predicted octanol–water partition coefficient (Wildman–Crippen LogP) is 2.34. The van der Waals surface area contributed by atoms with Gasteiger partial charge in [0.1, 0.15) is 0 Å². The molecule has 0 fully saturated rings. The Labute approximate surface area is 109 Å². The van der Waals surface area contributed by atoms with Gasteiger partial charge in [0, 0.05) is 22.5 Å². The number of hydrogen-bond donors (Lipinski definition) is 1. The molecule has 6 heteroatoms. The molecule has 1 rings (SSSR count). The molecule has 1 amide bonds. The van der Waals surface area contributed by atoms with Crippen LogP contribution < -0.4 is 5.32 Å². The summed E-state index contributed by atoms with van der Waals surface area (Å²) in [5, 5.41) is 3.21. The lowest BCUT2D eigenvalue weighted by Gasteiger charge is -2.17. The van der Waals surface area contributed by atoms with Crippen molar-refractivity contribution in [3.63, 3.8) is 0 Å². The van der Waals surface area contributed by atoms with Crippen LogP contribution in [0.2, 0.25) is 10.0 Å². The maximum absolute atomic E-state index is 11.6. The lowest BCUT2D eigenvalue weighted by Crippen LogP contribution is -2.33. The normalized spacial score (nSPS) is 11.8. The summed E-state index contributed by atoms with van der Waals surface area (Å²) in [5.74, 6) is -0.948. The van der Waals surface area contributed by atoms with E-state index >= 15 is 0 Å². The molecule has 0 saturated carbocycles. The smallest absolute Gasteiger partial charge is 0.333 e. The van der Waals surface area contributed by atoms with Gasteiger partial charge < -0.3 is 10.1 Å². The highest BCUT2D eigenvalue weighted by molar-refractivity contribution is 6.35. The van der Waals surface area contributed by atoms with Crippen molar-refractivity contribution < 1.29 is 14.3 Å². The molecule has 0 aromatic heterocycles. The number of esters is 1. The predicted molar refractivity (Wildman–Crippen MR) is 65.0 cm³/mol. The van der Waals surface area contributed by atoms with E-state index in [2.05, 4.69) is 10.1 Å². The molecule has 1 N–H and O–H groups in total. The van der Waals surface area contributed by atoms with Crippen LogP contribution in [0.1, 0.15) is 18.5 Å². The summed E-state index contributed by atoms with van der Waals surface area (Å²) in [7, 11) is 1.24. The number of halogens is 2. The van der Waals surface area contributed by atoms with E-state index in [1.165, 1.54) is 20.1 Å². The summed E-state index contributed by atoms with van der Waals surface area (Å²) in [6.07, 6.45) is 0. The Kier molecular flexibility index (Phi) is 4.78. The molecular weight excluding hydrogens is 265 g/mol. The van der Waals surface area contributed by atoms with Crippen molar-refractivity contribution >= 4 is 35.1 Å². The first-order valence-corrected chi connectivity index (χ1v) is 5.51. The van der Waals surface area contributed by atoms with Gasteiger partial charge in [-0.25, -0.2) is 4.79 Å². The largest absolute Gasteiger partial charge is 0.467 e. The average molecular weight is 276 g/mol. The van der Waals surface area contributed by atoms with E-state index in [0.717, 1.165) is 0 Å². The zero-order valence-electron chi connectivity index (χ0n) is 9.29. The topological polar surface area (TPSA) is 55.4 Å². The molecule has 92 valence electrons. The molecule has 17 heavy (non-hydrogen) atoms. The third-order valence-electron chi connectivity index (χ3n) is 2.06. The fourth-order valence-electron chi connectivity index (χ4n) is 1.32. The fourth-order valence-corrected chi connectivity index (χ4v) is 1.84. The number of benzene rings is 1. The minimum Gasteiger partial charge on any atom is -0.467 e. The summed E-state index contributed by atoms with van der Waals surface area (Å²) >= 11 is 11.7. The zero-order valence-corrected chi connectivity index (χ0v) is 10.8. The number of carbonyl (C=O) groups is 2. The molecule has 0 aliphatic carbocycles. The van der Waals surface area contributed by atoms with Gasteiger partial charge in [0.2, 0.25) is 5.91 Å². The molecule has 0 spiro atoms. The molecule has 0 radical (unpaired) electrons. The number of carbonyl (C=O) groups excluding carboxylic acids is 2. The van der Waals surface area contributed by atoms with Crippen molar-refractivity contribution in [1.82, 2.24) is 5.32 Å². The van der Waals surface area contributed by atoms with Gasteiger partial charge in [-0.2, -0.15) is 0 Å². The summed E-state index contributed by atoms with van der Waals surface area (Å²) in [5.41, 5.74) is 0.443. The van der Waals surface area contributed by atoms with Crippen LogP contribution in [0.25, 0.3) is 0 Å². The van der Waals surface area contributed by atoms with E-state index in [4.69, 9.17) is 23.2 Å². The number of hydrogen-bond acceptors (Lipinski definition) is 3. The molecule has 0 bridgehead atoms. The Bertz CT molecular complexity index is 448. The van der Waals surface area contributed by atoms with E-state index in [1.54, 1.807) is 12.1 Å². The molecule has 1 atom stereocenters. The van der Waals surface area contributed by atoms with E-state index < -0.39 is 12.0 Å². The Morgan fingerprint density at radius 3 is 2.47 bits per heavy atom. The van der Waals surface area contributed by atoms with Gasteiger partial charge in [0.25, 0.3) is 0 Å². The summed E-state index contributed by atoms with van der Waals surface area (Å²) in [4.78, 5) is 22.6. The minimum absolute atomic E-state index is 0.293. The highest BCUT2D eigenvalue weighted by Crippen LogP contribution is 2.27. The van der Waals surface area contributed by atoms with Crippen LogP contribution in [0.15, 0.2) is 18.2 Å². The Balaban J connectivity index is 3.12. The number of amides is 1. The van der Waals surface area contributed by atoms with Crippen molar-refractivity contribution in [3.05, 3.63) is 33.8 Å². The minimum atomic E-state index is -0.928. The van der Waals surface area contributed by atoms with Gasteiger partial charge in [0.15, 0.2) is 6.04 Å². The highest BCUT2D eigenvalue weighted by Gasteiger charge is 2.24. The molecule has 0 aliphatic rings. The SMILES string of the molecule is COC(=O)[C@H](NC(C)=O)c1ccc(Cl)cc1Cl. The molecule has 0 heterocycles. The zero-order chi connectivity index (χ0) is 13.0. The molecule has 4 nitrogen and oxygen atoms in total. The third kappa shape index (κ3) is 3.61. The van der Waals surface area contributed by atoms with Crippen LogP contribution in [0, 0.1) is 0 Å². The van der Waals surface area contributed by atoms with E-state index in [-0.39, 0.29) is 5.91 Å². The first kappa shape index (κ1) is 13.8. The number of nitrogens with one attached hydrogen (secondary N) is 1. The molecule has 1 aromatic rings. The maximum atomic E-state index is 11.6. The second-order valence-corrected chi connectivity index (χ2v) is 4.17. The maximum Gasteiger partial charge on any atom is 0.333 e. The number of ether oxygens (including phenoxy) is 1. The second-order valence-electron chi connectivity index (χ2n) is 3.32. The van der Waals surface area contributed by atoms with Gasteiger partial charge in [-0.1, -0.05) is 29.3 Å². The van der Waals surface area contributed by atoms with Gasteiger partial charge in [-0.05, 0) is 12.1 Å². The van der Waals surface area contributed by atoms with Crippen molar-refractivity contribution in [1.29, 1.82) is 0 Å². The number of rotatable bonds is 3. The lowest BCUT2D eigenvalue weighted by molar-refractivity contribution is -0.145. The highest BCUT2D eigenvalue weighted by atomic mass is 35.5. The van der Waals surface area contributed by atoms with E-state index in [0.29, 0.717) is 15.6 Å². The lowest BCUT2D eigenvalue weighted by atomic mass is 10.1. The summed E-state index contributed by atoms with van der Waals surface area (Å²) in [6, 6.07) is 3.72. The van der Waals surface area contributed by atoms with Crippen LogP contribution in [0.4, 0.5) is 0 Å². The molecule has 0 saturated heterocycles. The average Bonchev–Trinajstić information content (AvgIpc) is 2.25. The van der Waals surface area contributed by atoms with Crippen LogP contribution >= 0.6 is 23.2 Å². The van der Waals surface area contributed by atoms with Crippen molar-refractivity contribution in [2.75, 3.05) is 7.11 Å². The number of methoxy groups -OCH3 is 1. The van der Waals surface area contributed by atoms with Crippen LogP contribution in [0.5, 0.6) is 0 Å². The van der Waals surface area contributed by atoms with Gasteiger partial charge in [-0.15, -0.1) is 0 Å². The van der Waals surface area contributed by atoms with Crippen LogP contribution in [-0.2, 0) is 14.3 Å². The Morgan fingerprint density at radius 2 is 2.00 bits per heavy atom. The molecule has 1 aromatic carbocycles. The van der Waals surface area contributed by atoms with E-state index in [9.17, 15) is 9.59 Å². The third-order valence-corrected chi connectivity index (χ3v) is 2.62. The quantitative estimate of drug-likeness (QED) is 0.862. The molecule has 0 unspecified atom stereocenters. The van der Waals surface area contributed by atoms with Crippen LogP contribution in [0.3, 0.4) is 0 Å². The van der Waals surface area contributed by atoms with Gasteiger partial charge >= 0.3 is 5.97 Å². The van der Waals surface area contributed by atoms with Gasteiger partial charge in [-0.3, -0.25) is 4.79 Å². The first-order valence-electron chi connectivity index (χ1n) is 4.75. The summed E-state index contributed by atoms with van der Waals surface area (Å²) in [6.45, 7) is 1.31. The van der Waals surface area contributed by atoms with Crippen LogP contribution in [-0.4, -0.2) is 19.0 Å². The summed E-state index contributed by atoms with van der Waals surface area (Å²) < 4.78 is 4.61. The first-order chi connectivity index (χ1) is 7.95. The van der Waals surface area contributed by atoms with Gasteiger partial charge in [0.05, 0.1) is 7.11 Å².